The minimum atomic E-state index is -2.13. The van der Waals surface area contributed by atoms with Gasteiger partial charge in [-0.2, -0.15) is 0 Å². The first-order valence-corrected chi connectivity index (χ1v) is 12.0. The number of rotatable bonds is 6. The predicted octanol–water partition coefficient (Wildman–Crippen LogP) is 3.21. The summed E-state index contributed by atoms with van der Waals surface area (Å²) in [7, 11) is -0.880. The number of esters is 2. The Balaban J connectivity index is 3.19. The van der Waals surface area contributed by atoms with Crippen molar-refractivity contribution < 1.29 is 28.3 Å². The van der Waals surface area contributed by atoms with Crippen LogP contribution in [0.2, 0.25) is 18.1 Å². The highest BCUT2D eigenvalue weighted by atomic mass is 28.4. The molecule has 1 aliphatic heterocycles. The van der Waals surface area contributed by atoms with Crippen molar-refractivity contribution in [2.75, 3.05) is 7.11 Å². The molecule has 0 aliphatic carbocycles. The summed E-state index contributed by atoms with van der Waals surface area (Å²) in [6.07, 6.45) is -1.34. The summed E-state index contributed by atoms with van der Waals surface area (Å²) >= 11 is 0. The van der Waals surface area contributed by atoms with Gasteiger partial charge in [0.15, 0.2) is 14.5 Å². The third kappa shape index (κ3) is 4.79. The van der Waals surface area contributed by atoms with Crippen LogP contribution >= 0.6 is 0 Å². The Morgan fingerprint density at radius 1 is 1.15 bits per heavy atom. The molecule has 27 heavy (non-hydrogen) atoms. The molecule has 0 radical (unpaired) electrons. The fourth-order valence-corrected chi connectivity index (χ4v) is 4.24. The van der Waals surface area contributed by atoms with Crippen LogP contribution in [0.3, 0.4) is 0 Å². The maximum atomic E-state index is 12.9. The highest BCUT2D eigenvalue weighted by molar-refractivity contribution is 6.74. The molecular weight excluding hydrogens is 366 g/mol. The van der Waals surface area contributed by atoms with Crippen LogP contribution in [-0.4, -0.2) is 50.5 Å². The van der Waals surface area contributed by atoms with Crippen LogP contribution in [0, 0.1) is 5.92 Å². The third-order valence-corrected chi connectivity index (χ3v) is 9.83. The Hall–Kier alpha value is -1.67. The molecule has 1 heterocycles. The minimum Gasteiger partial charge on any atom is -0.464 e. The number of hydrogen-bond donors (Lipinski definition) is 0. The second-order valence-corrected chi connectivity index (χ2v) is 13.4. The van der Waals surface area contributed by atoms with Gasteiger partial charge in [-0.1, -0.05) is 20.8 Å². The first kappa shape index (κ1) is 23.4. The molecule has 8 heteroatoms. The SMILES string of the molecule is COC(=O)C(=C(C)C)N1C(=O)[C@H]([C@@H](C)O[Si](C)(C)C(C)(C)C)[C@H]1OC(C)=O. The number of hydrogen-bond acceptors (Lipinski definition) is 6. The van der Waals surface area contributed by atoms with Crippen molar-refractivity contribution in [3.05, 3.63) is 11.3 Å². The van der Waals surface area contributed by atoms with Crippen molar-refractivity contribution in [3.8, 4) is 0 Å². The van der Waals surface area contributed by atoms with E-state index in [4.69, 9.17) is 13.9 Å². The van der Waals surface area contributed by atoms with Crippen molar-refractivity contribution >= 4 is 26.2 Å². The highest BCUT2D eigenvalue weighted by Crippen LogP contribution is 2.42. The van der Waals surface area contributed by atoms with Crippen LogP contribution in [0.25, 0.3) is 0 Å². The number of carbonyl (C=O) groups excluding carboxylic acids is 3. The fourth-order valence-electron chi connectivity index (χ4n) is 2.81. The van der Waals surface area contributed by atoms with E-state index >= 15 is 0 Å². The van der Waals surface area contributed by atoms with E-state index in [1.807, 2.05) is 6.92 Å². The third-order valence-electron chi connectivity index (χ3n) is 5.26. The molecular formula is C19H33NO6Si. The number of nitrogens with zero attached hydrogens (tertiary/aromatic N) is 1. The van der Waals surface area contributed by atoms with E-state index in [0.29, 0.717) is 5.57 Å². The highest BCUT2D eigenvalue weighted by Gasteiger charge is 2.57. The molecule has 1 rings (SSSR count). The van der Waals surface area contributed by atoms with E-state index in [9.17, 15) is 14.4 Å². The van der Waals surface area contributed by atoms with Crippen molar-refractivity contribution in [2.24, 2.45) is 5.92 Å². The lowest BCUT2D eigenvalue weighted by atomic mass is 9.89. The summed E-state index contributed by atoms with van der Waals surface area (Å²) < 4.78 is 16.5. The molecule has 7 nitrogen and oxygen atoms in total. The summed E-state index contributed by atoms with van der Waals surface area (Å²) in [5, 5.41) is -0.0260. The maximum Gasteiger partial charge on any atom is 0.354 e. The van der Waals surface area contributed by atoms with E-state index < -0.39 is 38.5 Å². The Morgan fingerprint density at radius 3 is 2.04 bits per heavy atom. The number of allylic oxidation sites excluding steroid dienone is 1. The molecule has 0 unspecified atom stereocenters. The average Bonchev–Trinajstić information content (AvgIpc) is 2.48. The van der Waals surface area contributed by atoms with Crippen molar-refractivity contribution in [1.29, 1.82) is 0 Å². The Morgan fingerprint density at radius 2 is 1.67 bits per heavy atom. The zero-order chi connectivity index (χ0) is 21.3. The first-order chi connectivity index (χ1) is 12.2. The van der Waals surface area contributed by atoms with Crippen LogP contribution < -0.4 is 0 Å². The smallest absolute Gasteiger partial charge is 0.354 e. The lowest BCUT2D eigenvalue weighted by molar-refractivity contribution is -0.202. The lowest BCUT2D eigenvalue weighted by Crippen LogP contribution is -2.67. The monoisotopic (exact) mass is 399 g/mol. The Bertz CT molecular complexity index is 645. The molecule has 1 aliphatic rings. The van der Waals surface area contributed by atoms with Crippen LogP contribution in [0.4, 0.5) is 0 Å². The molecule has 0 aromatic rings. The van der Waals surface area contributed by atoms with Gasteiger partial charge in [0.25, 0.3) is 0 Å². The molecule has 154 valence electrons. The van der Waals surface area contributed by atoms with E-state index in [2.05, 4.69) is 33.9 Å². The van der Waals surface area contributed by atoms with Gasteiger partial charge < -0.3 is 13.9 Å². The molecule has 3 atom stereocenters. The van der Waals surface area contributed by atoms with Gasteiger partial charge in [-0.3, -0.25) is 14.5 Å². The summed E-state index contributed by atoms with van der Waals surface area (Å²) in [6, 6.07) is 0. The number of amides is 1. The van der Waals surface area contributed by atoms with Gasteiger partial charge in [0.2, 0.25) is 5.91 Å². The van der Waals surface area contributed by atoms with Gasteiger partial charge in [-0.15, -0.1) is 0 Å². The predicted molar refractivity (Wildman–Crippen MR) is 104 cm³/mol. The zero-order valence-electron chi connectivity index (χ0n) is 18.1. The summed E-state index contributed by atoms with van der Waals surface area (Å²) in [4.78, 5) is 37.9. The lowest BCUT2D eigenvalue weighted by Gasteiger charge is -2.50. The summed E-state index contributed by atoms with van der Waals surface area (Å²) in [5.74, 6) is -2.15. The van der Waals surface area contributed by atoms with Crippen LogP contribution in [0.15, 0.2) is 11.3 Å². The largest absolute Gasteiger partial charge is 0.464 e. The quantitative estimate of drug-likeness (QED) is 0.295. The van der Waals surface area contributed by atoms with E-state index in [1.54, 1.807) is 13.8 Å². The van der Waals surface area contributed by atoms with E-state index in [0.717, 1.165) is 0 Å². The van der Waals surface area contributed by atoms with Gasteiger partial charge in [0, 0.05) is 6.92 Å². The summed E-state index contributed by atoms with van der Waals surface area (Å²) in [6.45, 7) is 17.0. The number of β-lactam (4-membered cyclic amide) rings is 1. The van der Waals surface area contributed by atoms with Crippen LogP contribution in [0.5, 0.6) is 0 Å². The van der Waals surface area contributed by atoms with Gasteiger partial charge in [-0.05, 0) is 44.5 Å². The average molecular weight is 400 g/mol. The molecule has 1 saturated heterocycles. The molecule has 1 fully saturated rings. The van der Waals surface area contributed by atoms with Gasteiger partial charge in [0.1, 0.15) is 11.6 Å². The van der Waals surface area contributed by atoms with Crippen molar-refractivity contribution in [2.45, 2.75) is 78.9 Å². The van der Waals surface area contributed by atoms with Gasteiger partial charge in [0.05, 0.1) is 13.2 Å². The molecule has 0 saturated carbocycles. The number of methoxy groups -OCH3 is 1. The molecule has 0 bridgehead atoms. The maximum absolute atomic E-state index is 12.9. The molecule has 1 amide bonds. The van der Waals surface area contributed by atoms with Crippen molar-refractivity contribution in [3.63, 3.8) is 0 Å². The molecule has 0 N–H and O–H groups in total. The number of carbonyl (C=O) groups is 3. The molecule has 0 spiro atoms. The molecule has 0 aromatic heterocycles. The number of ether oxygens (including phenoxy) is 2. The first-order valence-electron chi connectivity index (χ1n) is 9.09. The minimum absolute atomic E-state index is 0.0260. The van der Waals surface area contributed by atoms with Crippen LogP contribution in [0.1, 0.15) is 48.5 Å². The van der Waals surface area contributed by atoms with Crippen LogP contribution in [-0.2, 0) is 28.3 Å². The zero-order valence-corrected chi connectivity index (χ0v) is 19.1. The summed E-state index contributed by atoms with van der Waals surface area (Å²) in [5.41, 5.74) is 0.702. The van der Waals surface area contributed by atoms with E-state index in [-0.39, 0.29) is 16.6 Å². The second kappa shape index (κ2) is 8.14. The standard InChI is InChI=1S/C19H33NO6Si/c1-11(2)15(18(23)24-8)20-16(22)14(17(20)25-13(4)21)12(3)26-27(9,10)19(5,6)7/h12,14,17H,1-10H3/t12-,14+,17-/m1/s1. The Labute approximate surface area is 163 Å². The van der Waals surface area contributed by atoms with Gasteiger partial charge >= 0.3 is 11.9 Å². The molecule has 0 aromatic carbocycles. The Kier molecular flexibility index (Phi) is 7.04. The second-order valence-electron chi connectivity index (χ2n) is 8.66. The van der Waals surface area contributed by atoms with E-state index in [1.165, 1.54) is 18.9 Å². The van der Waals surface area contributed by atoms with Gasteiger partial charge in [-0.25, -0.2) is 4.79 Å². The fraction of sp³-hybridized carbons (Fsp3) is 0.737. The van der Waals surface area contributed by atoms with Crippen molar-refractivity contribution in [1.82, 2.24) is 4.90 Å². The topological polar surface area (TPSA) is 82.1 Å². The number of likely N-dealkylation sites (tertiary alicyclic amines) is 1. The normalized spacial score (nSPS) is 21.3.